The van der Waals surface area contributed by atoms with Gasteiger partial charge in [0.1, 0.15) is 6.61 Å². The van der Waals surface area contributed by atoms with Gasteiger partial charge in [-0.15, -0.1) is 0 Å². The first-order chi connectivity index (χ1) is 11.2. The SMILES string of the molecule is COCC(=O)N1Cc2ccnn2[C@H](CC(=O)N2CCCCO2)C1. The fraction of sp³-hybridized carbons (Fsp3) is 0.667. The number of hydroxylamine groups is 2. The molecule has 0 saturated carbocycles. The molecule has 1 fully saturated rings. The maximum atomic E-state index is 12.4. The first-order valence-electron chi connectivity index (χ1n) is 7.91. The van der Waals surface area contributed by atoms with Crippen LogP contribution in [-0.2, 0) is 25.7 Å². The summed E-state index contributed by atoms with van der Waals surface area (Å²) >= 11 is 0. The van der Waals surface area contributed by atoms with E-state index < -0.39 is 0 Å². The minimum Gasteiger partial charge on any atom is -0.375 e. The molecule has 3 rings (SSSR count). The van der Waals surface area contributed by atoms with E-state index in [9.17, 15) is 9.59 Å². The smallest absolute Gasteiger partial charge is 0.248 e. The van der Waals surface area contributed by atoms with Crippen molar-refractivity contribution in [2.45, 2.75) is 31.8 Å². The lowest BCUT2D eigenvalue weighted by Gasteiger charge is -2.35. The molecule has 1 saturated heterocycles. The van der Waals surface area contributed by atoms with E-state index in [1.807, 2.05) is 10.7 Å². The molecule has 2 aliphatic heterocycles. The average Bonchev–Trinajstić information content (AvgIpc) is 3.04. The second kappa shape index (κ2) is 7.10. The third-order valence-corrected chi connectivity index (χ3v) is 4.19. The van der Waals surface area contributed by atoms with Crippen molar-refractivity contribution in [2.24, 2.45) is 0 Å². The number of nitrogens with zero attached hydrogens (tertiary/aromatic N) is 4. The van der Waals surface area contributed by atoms with Gasteiger partial charge in [-0.05, 0) is 18.9 Å². The summed E-state index contributed by atoms with van der Waals surface area (Å²) in [6.07, 6.45) is 3.91. The van der Waals surface area contributed by atoms with Gasteiger partial charge in [0, 0.05) is 26.4 Å². The molecular weight excluding hydrogens is 300 g/mol. The first-order valence-corrected chi connectivity index (χ1v) is 7.91. The van der Waals surface area contributed by atoms with Crippen LogP contribution in [0.1, 0.15) is 31.0 Å². The van der Waals surface area contributed by atoms with Crippen LogP contribution in [-0.4, -0.2) is 65.0 Å². The first kappa shape index (κ1) is 15.9. The van der Waals surface area contributed by atoms with Crippen LogP contribution in [0.25, 0.3) is 0 Å². The van der Waals surface area contributed by atoms with Crippen LogP contribution in [0.5, 0.6) is 0 Å². The number of hydrogen-bond acceptors (Lipinski definition) is 5. The highest BCUT2D eigenvalue weighted by Crippen LogP contribution is 2.24. The lowest BCUT2D eigenvalue weighted by atomic mass is 10.1. The summed E-state index contributed by atoms with van der Waals surface area (Å²) in [4.78, 5) is 31.7. The van der Waals surface area contributed by atoms with Crippen molar-refractivity contribution in [3.63, 3.8) is 0 Å². The molecule has 0 N–H and O–H groups in total. The van der Waals surface area contributed by atoms with Crippen molar-refractivity contribution in [3.05, 3.63) is 18.0 Å². The zero-order chi connectivity index (χ0) is 16.2. The van der Waals surface area contributed by atoms with Gasteiger partial charge in [-0.2, -0.15) is 5.10 Å². The number of hydrogen-bond donors (Lipinski definition) is 0. The van der Waals surface area contributed by atoms with E-state index >= 15 is 0 Å². The van der Waals surface area contributed by atoms with Gasteiger partial charge in [0.25, 0.3) is 0 Å². The van der Waals surface area contributed by atoms with Crippen LogP contribution in [0.3, 0.4) is 0 Å². The van der Waals surface area contributed by atoms with E-state index in [4.69, 9.17) is 9.57 Å². The van der Waals surface area contributed by atoms with E-state index in [2.05, 4.69) is 5.10 Å². The normalized spacial score (nSPS) is 21.2. The molecule has 23 heavy (non-hydrogen) atoms. The van der Waals surface area contributed by atoms with Crippen molar-refractivity contribution >= 4 is 11.8 Å². The van der Waals surface area contributed by atoms with Gasteiger partial charge in [-0.3, -0.25) is 19.1 Å². The van der Waals surface area contributed by atoms with Crippen molar-refractivity contribution < 1.29 is 19.2 Å². The molecule has 0 spiro atoms. The Morgan fingerprint density at radius 1 is 1.39 bits per heavy atom. The molecule has 126 valence electrons. The van der Waals surface area contributed by atoms with Gasteiger partial charge in [0.05, 0.1) is 31.3 Å². The van der Waals surface area contributed by atoms with Crippen LogP contribution < -0.4 is 0 Å². The van der Waals surface area contributed by atoms with Crippen molar-refractivity contribution in [1.29, 1.82) is 0 Å². The van der Waals surface area contributed by atoms with Gasteiger partial charge < -0.3 is 9.64 Å². The Kier molecular flexibility index (Phi) is 4.92. The van der Waals surface area contributed by atoms with Crippen LogP contribution >= 0.6 is 0 Å². The number of carbonyl (C=O) groups is 2. The molecule has 1 atom stereocenters. The lowest BCUT2D eigenvalue weighted by Crippen LogP contribution is -2.45. The molecule has 8 heteroatoms. The number of rotatable bonds is 4. The Labute approximate surface area is 134 Å². The number of carbonyl (C=O) groups excluding carboxylic acids is 2. The summed E-state index contributed by atoms with van der Waals surface area (Å²) in [7, 11) is 1.50. The monoisotopic (exact) mass is 322 g/mol. The second-order valence-electron chi connectivity index (χ2n) is 5.87. The molecule has 3 heterocycles. The number of amides is 2. The fourth-order valence-corrected chi connectivity index (χ4v) is 3.04. The predicted molar refractivity (Wildman–Crippen MR) is 80.1 cm³/mol. The highest BCUT2D eigenvalue weighted by molar-refractivity contribution is 5.78. The molecule has 0 aromatic carbocycles. The van der Waals surface area contributed by atoms with Crippen molar-refractivity contribution in [1.82, 2.24) is 19.7 Å². The molecule has 0 bridgehead atoms. The zero-order valence-electron chi connectivity index (χ0n) is 13.3. The second-order valence-corrected chi connectivity index (χ2v) is 5.87. The molecule has 1 aromatic heterocycles. The Morgan fingerprint density at radius 3 is 3.00 bits per heavy atom. The van der Waals surface area contributed by atoms with E-state index in [1.165, 1.54) is 12.2 Å². The van der Waals surface area contributed by atoms with Gasteiger partial charge in [0.15, 0.2) is 0 Å². The standard InChI is InChI=1S/C15H22N4O4/c1-22-11-15(21)17-9-12-4-5-16-19(12)13(10-17)8-14(20)18-6-2-3-7-23-18/h4-5,13H,2-3,6-11H2,1H3/t13-/m1/s1. The minimum atomic E-state index is -0.174. The maximum absolute atomic E-state index is 12.4. The van der Waals surface area contributed by atoms with Crippen LogP contribution in [0.15, 0.2) is 12.3 Å². The summed E-state index contributed by atoms with van der Waals surface area (Å²) in [5.41, 5.74) is 0.929. The number of aromatic nitrogens is 2. The third-order valence-electron chi connectivity index (χ3n) is 4.19. The van der Waals surface area contributed by atoms with Gasteiger partial charge in [-0.25, -0.2) is 5.06 Å². The van der Waals surface area contributed by atoms with E-state index in [-0.39, 0.29) is 30.9 Å². The average molecular weight is 322 g/mol. The highest BCUT2D eigenvalue weighted by atomic mass is 16.7. The summed E-state index contributed by atoms with van der Waals surface area (Å²) in [5.74, 6) is -0.135. The maximum Gasteiger partial charge on any atom is 0.248 e. The Morgan fingerprint density at radius 2 is 2.26 bits per heavy atom. The van der Waals surface area contributed by atoms with Crippen LogP contribution in [0.2, 0.25) is 0 Å². The predicted octanol–water partition coefficient (Wildman–Crippen LogP) is 0.357. The van der Waals surface area contributed by atoms with Gasteiger partial charge in [-0.1, -0.05) is 0 Å². The number of ether oxygens (including phenoxy) is 1. The summed E-state index contributed by atoms with van der Waals surface area (Å²) in [6, 6.07) is 1.70. The van der Waals surface area contributed by atoms with E-state index in [1.54, 1.807) is 11.1 Å². The Bertz CT molecular complexity index is 568. The van der Waals surface area contributed by atoms with Gasteiger partial charge in [0.2, 0.25) is 11.8 Å². The summed E-state index contributed by atoms with van der Waals surface area (Å²) in [6.45, 7) is 2.21. The van der Waals surface area contributed by atoms with E-state index in [0.717, 1.165) is 18.5 Å². The molecule has 1 aromatic rings. The zero-order valence-corrected chi connectivity index (χ0v) is 13.3. The highest BCUT2D eigenvalue weighted by Gasteiger charge is 2.31. The lowest BCUT2D eigenvalue weighted by molar-refractivity contribution is -0.198. The Hall–Kier alpha value is -1.93. The fourth-order valence-electron chi connectivity index (χ4n) is 3.04. The summed E-state index contributed by atoms with van der Waals surface area (Å²) < 4.78 is 6.77. The number of fused-ring (bicyclic) bond motifs is 1. The topological polar surface area (TPSA) is 76.9 Å². The Balaban J connectivity index is 1.70. The molecule has 8 nitrogen and oxygen atoms in total. The molecular formula is C15H22N4O4. The molecule has 0 unspecified atom stereocenters. The molecule has 2 amide bonds. The van der Waals surface area contributed by atoms with Crippen LogP contribution in [0, 0.1) is 0 Å². The van der Waals surface area contributed by atoms with E-state index in [0.29, 0.717) is 26.2 Å². The van der Waals surface area contributed by atoms with Crippen molar-refractivity contribution in [3.8, 4) is 0 Å². The van der Waals surface area contributed by atoms with Gasteiger partial charge >= 0.3 is 0 Å². The molecule has 0 aliphatic carbocycles. The number of methoxy groups -OCH3 is 1. The summed E-state index contributed by atoms with van der Waals surface area (Å²) in [5, 5.41) is 5.76. The van der Waals surface area contributed by atoms with Crippen LogP contribution in [0.4, 0.5) is 0 Å². The third kappa shape index (κ3) is 3.53. The quantitative estimate of drug-likeness (QED) is 0.800. The minimum absolute atomic E-state index is 0.0457. The largest absolute Gasteiger partial charge is 0.375 e. The molecule has 0 radical (unpaired) electrons. The molecule has 2 aliphatic rings. The van der Waals surface area contributed by atoms with Crippen molar-refractivity contribution in [2.75, 3.05) is 33.4 Å².